The van der Waals surface area contributed by atoms with Crippen LogP contribution in [-0.4, -0.2) is 87.3 Å². The van der Waals surface area contributed by atoms with Gasteiger partial charge in [0.1, 0.15) is 23.4 Å². The molecule has 15 heteroatoms. The normalized spacial score (nSPS) is 16.7. The summed E-state index contributed by atoms with van der Waals surface area (Å²) in [6.45, 7) is 9.12. The molecule has 0 spiro atoms. The van der Waals surface area contributed by atoms with Gasteiger partial charge >= 0.3 is 12.2 Å². The third-order valence-corrected chi connectivity index (χ3v) is 11.0. The van der Waals surface area contributed by atoms with Gasteiger partial charge in [0.05, 0.1) is 42.7 Å². The van der Waals surface area contributed by atoms with Crippen LogP contribution in [0.5, 0.6) is 0 Å². The van der Waals surface area contributed by atoms with Crippen LogP contribution in [0.4, 0.5) is 9.59 Å². The van der Waals surface area contributed by atoms with Gasteiger partial charge in [-0.25, -0.2) is 24.5 Å². The summed E-state index contributed by atoms with van der Waals surface area (Å²) in [7, 11) is 2.67. The van der Waals surface area contributed by atoms with Crippen molar-refractivity contribution in [1.82, 2.24) is 40.5 Å². The molecular formula is C40H51N9O6. The van der Waals surface area contributed by atoms with Crippen molar-refractivity contribution in [3.05, 3.63) is 53.4 Å². The van der Waals surface area contributed by atoms with Crippen molar-refractivity contribution < 1.29 is 28.3 Å². The minimum atomic E-state index is -0.704. The molecule has 0 radical (unpaired) electrons. The molecule has 7 rings (SSSR count). The third-order valence-electron chi connectivity index (χ3n) is 11.0. The average molecular weight is 754 g/mol. The molecule has 4 heterocycles. The molecule has 1 aliphatic heterocycles. The fraction of sp³-hybridized carbons (Fsp3) is 0.500. The second kappa shape index (κ2) is 15.7. The summed E-state index contributed by atoms with van der Waals surface area (Å²) < 4.78 is 16.1. The average Bonchev–Trinajstić information content (AvgIpc) is 4.01. The van der Waals surface area contributed by atoms with Gasteiger partial charge in [-0.3, -0.25) is 4.79 Å². The van der Waals surface area contributed by atoms with Gasteiger partial charge in [0.15, 0.2) is 5.76 Å². The molecule has 2 aromatic carbocycles. The first kappa shape index (κ1) is 37.9. The predicted octanol–water partition coefficient (Wildman–Crippen LogP) is 6.30. The zero-order valence-electron chi connectivity index (χ0n) is 32.3. The Hall–Kier alpha value is -5.44. The molecule has 3 aromatic heterocycles. The van der Waals surface area contributed by atoms with E-state index in [1.165, 1.54) is 14.2 Å². The Bertz CT molecular complexity index is 2200. The van der Waals surface area contributed by atoms with Gasteiger partial charge in [0.2, 0.25) is 11.8 Å². The van der Waals surface area contributed by atoms with E-state index in [0.717, 1.165) is 76.0 Å². The highest BCUT2D eigenvalue weighted by Gasteiger charge is 2.39. The molecule has 292 valence electrons. The third kappa shape index (κ3) is 7.49. The van der Waals surface area contributed by atoms with Crippen molar-refractivity contribution >= 4 is 39.9 Å². The Labute approximate surface area is 319 Å². The molecule has 1 saturated heterocycles. The van der Waals surface area contributed by atoms with E-state index in [2.05, 4.69) is 52.6 Å². The van der Waals surface area contributed by atoms with Gasteiger partial charge in [0, 0.05) is 35.9 Å². The standard InChI is InChI=1S/C40H51N9O6/c1-20(2)27(45-39(51)53-5)18-23(9-7-15-41)35-42-26-14-12-22-17-24(11-13-25(22)32(26)46-35)37-44-29-19-28-33(34(29)55-37)47-36(43-28)30-10-8-16-49(30)38(50)31(21(3)4)48-40(52)54-6/h11-14,17,20-21,23,27,30-31H,7-10,15-16,18-19,41H2,1-6H3,(H,42,46)(H,43,47)(H,45,51)(H,48,52)/t23?,27-,30+,31+/m1/s1. The number of benzene rings is 2. The molecule has 0 saturated carbocycles. The Morgan fingerprint density at radius 3 is 2.49 bits per heavy atom. The maximum absolute atomic E-state index is 13.7. The number of oxazole rings is 1. The van der Waals surface area contributed by atoms with E-state index < -0.39 is 18.2 Å². The lowest BCUT2D eigenvalue weighted by atomic mass is 9.89. The summed E-state index contributed by atoms with van der Waals surface area (Å²) in [6, 6.07) is 9.21. The quantitative estimate of drug-likeness (QED) is 0.0889. The number of rotatable bonds is 13. The smallest absolute Gasteiger partial charge is 0.407 e. The molecule has 5 aromatic rings. The number of carbonyl (C=O) groups is 3. The number of likely N-dealkylation sites (tertiary alicyclic amines) is 1. The van der Waals surface area contributed by atoms with E-state index in [1.807, 2.05) is 26.0 Å². The highest BCUT2D eigenvalue weighted by molar-refractivity contribution is 6.05. The van der Waals surface area contributed by atoms with Crippen LogP contribution in [0.2, 0.25) is 0 Å². The second-order valence-corrected chi connectivity index (χ2v) is 15.3. The van der Waals surface area contributed by atoms with Crippen molar-refractivity contribution in [1.29, 1.82) is 0 Å². The SMILES string of the molecule is COC(=O)N[C@H](C(=O)N1CCC[C@H]1c1nc2c([nH]1)-c1oc(-c3ccc4c(ccc5nc(C(CCCN)C[C@@H](NC(=O)OC)C(C)C)[nH]c54)c3)nc1C2)C(C)C. The Morgan fingerprint density at radius 2 is 1.76 bits per heavy atom. The summed E-state index contributed by atoms with van der Waals surface area (Å²) >= 11 is 0. The zero-order valence-corrected chi connectivity index (χ0v) is 32.3. The van der Waals surface area contributed by atoms with E-state index in [1.54, 1.807) is 4.90 Å². The fourth-order valence-electron chi connectivity index (χ4n) is 7.94. The van der Waals surface area contributed by atoms with Crippen molar-refractivity contribution in [2.45, 2.75) is 90.3 Å². The largest absolute Gasteiger partial charge is 0.453 e. The monoisotopic (exact) mass is 753 g/mol. The number of hydrogen-bond acceptors (Lipinski definition) is 10. The number of nitrogens with two attached hydrogens (primary N) is 1. The minimum absolute atomic E-state index is 0.0650. The molecule has 4 atom stereocenters. The van der Waals surface area contributed by atoms with E-state index in [4.69, 9.17) is 34.6 Å². The van der Waals surface area contributed by atoms with Crippen molar-refractivity contribution in [3.8, 4) is 22.9 Å². The topological polar surface area (TPSA) is 206 Å². The molecular weight excluding hydrogens is 702 g/mol. The molecule has 2 aliphatic rings. The molecule has 6 N–H and O–H groups in total. The summed E-state index contributed by atoms with van der Waals surface area (Å²) in [6.07, 6.45) is 3.42. The summed E-state index contributed by atoms with van der Waals surface area (Å²) in [5.74, 6) is 2.76. The number of aromatic nitrogens is 5. The van der Waals surface area contributed by atoms with Crippen LogP contribution in [0.15, 0.2) is 34.7 Å². The van der Waals surface area contributed by atoms with Crippen LogP contribution in [0, 0.1) is 11.8 Å². The molecule has 15 nitrogen and oxygen atoms in total. The first-order valence-electron chi connectivity index (χ1n) is 19.2. The summed E-state index contributed by atoms with van der Waals surface area (Å²) in [5, 5.41) is 7.75. The van der Waals surface area contributed by atoms with Crippen LogP contribution in [0.1, 0.15) is 94.8 Å². The maximum Gasteiger partial charge on any atom is 0.407 e. The lowest BCUT2D eigenvalue weighted by Crippen LogP contribution is -2.51. The number of methoxy groups -OCH3 is 2. The van der Waals surface area contributed by atoms with Gasteiger partial charge < -0.3 is 45.1 Å². The van der Waals surface area contributed by atoms with E-state index in [-0.39, 0.29) is 35.7 Å². The van der Waals surface area contributed by atoms with E-state index in [9.17, 15) is 14.4 Å². The van der Waals surface area contributed by atoms with Crippen LogP contribution in [0.3, 0.4) is 0 Å². The van der Waals surface area contributed by atoms with Gasteiger partial charge in [-0.15, -0.1) is 0 Å². The van der Waals surface area contributed by atoms with E-state index in [0.29, 0.717) is 43.4 Å². The highest BCUT2D eigenvalue weighted by Crippen LogP contribution is 2.41. The van der Waals surface area contributed by atoms with Gasteiger partial charge in [-0.05, 0) is 74.1 Å². The lowest BCUT2D eigenvalue weighted by molar-refractivity contribution is -0.135. The predicted molar refractivity (Wildman–Crippen MR) is 207 cm³/mol. The second-order valence-electron chi connectivity index (χ2n) is 15.3. The van der Waals surface area contributed by atoms with E-state index >= 15 is 0 Å². The number of nitrogens with zero attached hydrogens (tertiary/aromatic N) is 4. The van der Waals surface area contributed by atoms with Gasteiger partial charge in [-0.1, -0.05) is 39.8 Å². The van der Waals surface area contributed by atoms with Gasteiger partial charge in [-0.2, -0.15) is 0 Å². The summed E-state index contributed by atoms with van der Waals surface area (Å²) in [4.78, 5) is 61.5. The number of H-pyrrole nitrogens is 2. The Morgan fingerprint density at radius 1 is 0.982 bits per heavy atom. The molecule has 1 aliphatic carbocycles. The highest BCUT2D eigenvalue weighted by atomic mass is 16.5. The molecule has 3 amide bonds. The van der Waals surface area contributed by atoms with Crippen LogP contribution in [-0.2, 0) is 20.7 Å². The van der Waals surface area contributed by atoms with Crippen molar-refractivity contribution in [3.63, 3.8) is 0 Å². The number of carbonyl (C=O) groups excluding carboxylic acids is 3. The van der Waals surface area contributed by atoms with Crippen LogP contribution in [0.25, 0.3) is 44.7 Å². The van der Waals surface area contributed by atoms with Gasteiger partial charge in [0.25, 0.3) is 0 Å². The number of ether oxygens (including phenoxy) is 2. The Kier molecular flexibility index (Phi) is 10.8. The molecule has 1 unspecified atom stereocenters. The molecule has 55 heavy (non-hydrogen) atoms. The number of alkyl carbamates (subject to hydrolysis) is 2. The zero-order chi connectivity index (χ0) is 39.0. The first-order valence-corrected chi connectivity index (χ1v) is 19.2. The minimum Gasteiger partial charge on any atom is -0.453 e. The number of amides is 3. The van der Waals surface area contributed by atoms with Crippen LogP contribution >= 0.6 is 0 Å². The van der Waals surface area contributed by atoms with Crippen molar-refractivity contribution in [2.24, 2.45) is 17.6 Å². The number of aromatic amines is 2. The summed E-state index contributed by atoms with van der Waals surface area (Å²) in [5.41, 5.74) is 11.0. The number of nitrogens with one attached hydrogen (secondary N) is 4. The molecule has 0 bridgehead atoms. The fourth-order valence-corrected chi connectivity index (χ4v) is 7.94. The number of hydrogen-bond donors (Lipinski definition) is 5. The maximum atomic E-state index is 13.7. The lowest BCUT2D eigenvalue weighted by Gasteiger charge is -2.30. The number of fused-ring (bicyclic) bond motifs is 6. The Balaban J connectivity index is 1.12. The van der Waals surface area contributed by atoms with Crippen LogP contribution < -0.4 is 16.4 Å². The first-order chi connectivity index (χ1) is 26.5. The van der Waals surface area contributed by atoms with Crippen molar-refractivity contribution in [2.75, 3.05) is 27.3 Å². The number of imidazole rings is 2. The molecule has 1 fully saturated rings.